The number of methoxy groups -OCH3 is 1. The maximum atomic E-state index is 12.8. The number of benzene rings is 3. The molecule has 198 valence electrons. The van der Waals surface area contributed by atoms with Gasteiger partial charge in [0.05, 0.1) is 17.5 Å². The van der Waals surface area contributed by atoms with Gasteiger partial charge in [-0.05, 0) is 60.9 Å². The van der Waals surface area contributed by atoms with Gasteiger partial charge in [-0.15, -0.1) is 0 Å². The van der Waals surface area contributed by atoms with Gasteiger partial charge in [0, 0.05) is 18.9 Å². The van der Waals surface area contributed by atoms with Crippen LogP contribution in [0.3, 0.4) is 0 Å². The summed E-state index contributed by atoms with van der Waals surface area (Å²) in [6, 6.07) is 18.3. The average Bonchev–Trinajstić information content (AvgIpc) is 3.38. The van der Waals surface area contributed by atoms with E-state index in [1.165, 1.54) is 25.3 Å². The van der Waals surface area contributed by atoms with Crippen molar-refractivity contribution in [2.24, 2.45) is 0 Å². The molecule has 5 N–H and O–H groups in total. The lowest BCUT2D eigenvalue weighted by Crippen LogP contribution is -2.28. The molecule has 0 unspecified atom stereocenters. The zero-order valence-corrected chi connectivity index (χ0v) is 20.8. The minimum absolute atomic E-state index is 0.0827. The van der Waals surface area contributed by atoms with Crippen LogP contribution in [0.15, 0.2) is 78.9 Å². The molecule has 10 heteroatoms. The fraction of sp³-hybridized carbons (Fsp3) is 0.214. The number of carbonyl (C=O) groups is 2. The molecule has 2 atom stereocenters. The zero-order valence-electron chi connectivity index (χ0n) is 20.8. The van der Waals surface area contributed by atoms with E-state index in [9.17, 15) is 14.7 Å². The number of phenolic OH excluding ortho intramolecular Hbond substituents is 1. The third-order valence-electron chi connectivity index (χ3n) is 5.82. The van der Waals surface area contributed by atoms with Gasteiger partial charge in [-0.25, -0.2) is 4.79 Å². The first-order chi connectivity index (χ1) is 18.4. The number of nitrogens with two attached hydrogens (primary N) is 1. The number of amides is 2. The van der Waals surface area contributed by atoms with E-state index in [-0.39, 0.29) is 18.4 Å². The number of fused-ring (bicyclic) bond motifs is 1. The number of nitrogens with one attached hydrogen (secondary N) is 2. The molecule has 1 heterocycles. The van der Waals surface area contributed by atoms with Crippen LogP contribution in [-0.4, -0.2) is 37.1 Å². The summed E-state index contributed by atoms with van der Waals surface area (Å²) in [7, 11) is 1.52. The van der Waals surface area contributed by atoms with Crippen molar-refractivity contribution in [3.05, 3.63) is 84.4 Å². The van der Waals surface area contributed by atoms with Gasteiger partial charge < -0.3 is 35.1 Å². The van der Waals surface area contributed by atoms with Crippen molar-refractivity contribution in [3.8, 4) is 17.2 Å². The lowest BCUT2D eigenvalue weighted by atomic mass is 10.00. The van der Waals surface area contributed by atoms with E-state index in [0.717, 1.165) is 0 Å². The molecule has 3 aromatic rings. The monoisotopic (exact) mass is 519 g/mol. The molecule has 0 saturated heterocycles. The number of para-hydroxylation sites is 2. The zero-order chi connectivity index (χ0) is 26.9. The number of carbonyl (C=O) groups excluding carboxylic acids is 2. The molecule has 0 aliphatic carbocycles. The topological polar surface area (TPSA) is 141 Å². The Balaban J connectivity index is 1.39. The molecule has 0 radical (unpaired) electrons. The Morgan fingerprint density at radius 3 is 2.58 bits per heavy atom. The number of hydrogen-bond acceptors (Lipinski definition) is 8. The van der Waals surface area contributed by atoms with E-state index in [2.05, 4.69) is 10.6 Å². The summed E-state index contributed by atoms with van der Waals surface area (Å²) in [5, 5.41) is 15.1. The molecule has 1 aliphatic heterocycles. The number of hydrogen-bond donors (Lipinski definition) is 4. The highest BCUT2D eigenvalue weighted by Gasteiger charge is 2.27. The Kier molecular flexibility index (Phi) is 8.68. The lowest BCUT2D eigenvalue weighted by Gasteiger charge is -2.26. The number of nitrogen functional groups attached to an aromatic ring is 1. The predicted molar refractivity (Wildman–Crippen MR) is 142 cm³/mol. The van der Waals surface area contributed by atoms with Crippen molar-refractivity contribution in [3.63, 3.8) is 0 Å². The number of rotatable bonds is 10. The molecule has 1 aliphatic rings. The number of aromatic hydroxyl groups is 1. The van der Waals surface area contributed by atoms with E-state index >= 15 is 0 Å². The molecule has 0 aromatic heterocycles. The van der Waals surface area contributed by atoms with Crippen LogP contribution < -0.4 is 25.8 Å². The van der Waals surface area contributed by atoms with Gasteiger partial charge in [-0.3, -0.25) is 10.1 Å². The Morgan fingerprint density at radius 2 is 1.82 bits per heavy atom. The first-order valence-electron chi connectivity index (χ1n) is 11.9. The first-order valence-corrected chi connectivity index (χ1v) is 11.9. The SMILES string of the molecule is CO[C@@H](CC/C=C/C(=O)Nc1ccccc1N)[C@@H](OC(=O)Nc1ccc2c(c1)OCO2)c1ccc(O)cc1. The van der Waals surface area contributed by atoms with Gasteiger partial charge in [0.25, 0.3) is 0 Å². The fourth-order valence-electron chi connectivity index (χ4n) is 3.89. The number of phenols is 1. The van der Waals surface area contributed by atoms with E-state index in [1.54, 1.807) is 60.7 Å². The van der Waals surface area contributed by atoms with Gasteiger partial charge in [0.1, 0.15) is 5.75 Å². The average molecular weight is 520 g/mol. The fourth-order valence-corrected chi connectivity index (χ4v) is 3.89. The number of ether oxygens (including phenoxy) is 4. The van der Waals surface area contributed by atoms with E-state index in [0.29, 0.717) is 47.0 Å². The highest BCUT2D eigenvalue weighted by molar-refractivity contribution is 6.01. The standard InChI is InChI=1S/C28H29N3O7/c1-35-24(8-4-5-9-26(33)31-22-7-3-2-6-21(22)29)27(18-10-13-20(32)14-11-18)38-28(34)30-19-12-15-23-25(16-19)37-17-36-23/h2-3,5-7,9-16,24,27,32H,4,8,17,29H2,1H3,(H,30,34)(H,31,33)/b9-5+/t24-,27-/m0/s1. The van der Waals surface area contributed by atoms with Gasteiger partial charge in [0.15, 0.2) is 17.6 Å². The van der Waals surface area contributed by atoms with Crippen molar-refractivity contribution in [2.75, 3.05) is 30.3 Å². The molecule has 38 heavy (non-hydrogen) atoms. The van der Waals surface area contributed by atoms with Gasteiger partial charge in [0.2, 0.25) is 12.7 Å². The van der Waals surface area contributed by atoms with Crippen molar-refractivity contribution in [1.29, 1.82) is 0 Å². The second-order valence-electron chi connectivity index (χ2n) is 8.44. The highest BCUT2D eigenvalue weighted by Crippen LogP contribution is 2.35. The Hall–Kier alpha value is -4.70. The largest absolute Gasteiger partial charge is 0.508 e. The Morgan fingerprint density at radius 1 is 1.05 bits per heavy atom. The summed E-state index contributed by atoms with van der Waals surface area (Å²) >= 11 is 0. The normalized spacial score (nSPS) is 13.6. The van der Waals surface area contributed by atoms with Crippen LogP contribution in [0.1, 0.15) is 24.5 Å². The van der Waals surface area contributed by atoms with Crippen molar-refractivity contribution < 1.29 is 33.6 Å². The molecule has 2 amide bonds. The minimum Gasteiger partial charge on any atom is -0.508 e. The maximum absolute atomic E-state index is 12.8. The second kappa shape index (κ2) is 12.5. The highest BCUT2D eigenvalue weighted by atomic mass is 16.7. The quantitative estimate of drug-likeness (QED) is 0.217. The van der Waals surface area contributed by atoms with Gasteiger partial charge in [-0.2, -0.15) is 0 Å². The van der Waals surface area contributed by atoms with Crippen LogP contribution in [0, 0.1) is 0 Å². The Bertz CT molecular complexity index is 1290. The minimum atomic E-state index is -0.791. The van der Waals surface area contributed by atoms with Gasteiger partial charge in [-0.1, -0.05) is 30.3 Å². The third kappa shape index (κ3) is 6.95. The van der Waals surface area contributed by atoms with Crippen LogP contribution >= 0.6 is 0 Å². The molecular weight excluding hydrogens is 490 g/mol. The molecule has 0 saturated carbocycles. The summed E-state index contributed by atoms with van der Waals surface area (Å²) in [6.45, 7) is 0.123. The Labute approximate surface area is 220 Å². The first kappa shape index (κ1) is 26.4. The van der Waals surface area contributed by atoms with E-state index in [4.69, 9.17) is 24.7 Å². The van der Waals surface area contributed by atoms with Crippen LogP contribution in [0.4, 0.5) is 21.9 Å². The van der Waals surface area contributed by atoms with E-state index < -0.39 is 18.3 Å². The van der Waals surface area contributed by atoms with Crippen LogP contribution in [0.2, 0.25) is 0 Å². The molecule has 10 nitrogen and oxygen atoms in total. The molecule has 0 fully saturated rings. The number of allylic oxidation sites excluding steroid dienone is 1. The lowest BCUT2D eigenvalue weighted by molar-refractivity contribution is -0.111. The molecule has 3 aromatic carbocycles. The summed E-state index contributed by atoms with van der Waals surface area (Å²) < 4.78 is 22.1. The molecule has 4 rings (SSSR count). The summed E-state index contributed by atoms with van der Waals surface area (Å²) in [5.74, 6) is 0.892. The predicted octanol–water partition coefficient (Wildman–Crippen LogP) is 4.98. The maximum Gasteiger partial charge on any atom is 0.412 e. The second-order valence-corrected chi connectivity index (χ2v) is 8.44. The summed E-state index contributed by atoms with van der Waals surface area (Å²) in [6.07, 6.45) is 2.01. The summed E-state index contributed by atoms with van der Waals surface area (Å²) in [4.78, 5) is 25.1. The smallest absolute Gasteiger partial charge is 0.412 e. The third-order valence-corrected chi connectivity index (χ3v) is 5.82. The van der Waals surface area contributed by atoms with E-state index in [1.807, 2.05) is 0 Å². The molecular formula is C28H29N3O7. The summed E-state index contributed by atoms with van der Waals surface area (Å²) in [5.41, 5.74) is 7.98. The van der Waals surface area contributed by atoms with Crippen LogP contribution in [-0.2, 0) is 14.3 Å². The van der Waals surface area contributed by atoms with Crippen molar-refractivity contribution >= 4 is 29.1 Å². The molecule has 0 bridgehead atoms. The van der Waals surface area contributed by atoms with Crippen molar-refractivity contribution in [2.45, 2.75) is 25.0 Å². The van der Waals surface area contributed by atoms with Gasteiger partial charge >= 0.3 is 6.09 Å². The van der Waals surface area contributed by atoms with Crippen LogP contribution in [0.5, 0.6) is 17.2 Å². The van der Waals surface area contributed by atoms with Crippen LogP contribution in [0.25, 0.3) is 0 Å². The molecule has 0 spiro atoms. The van der Waals surface area contributed by atoms with Crippen molar-refractivity contribution in [1.82, 2.24) is 0 Å². The number of anilines is 3.